The molecular weight excluding hydrogens is 290 g/mol. The number of benzene rings is 3. The van der Waals surface area contributed by atoms with Crippen LogP contribution in [0.15, 0.2) is 72.8 Å². The van der Waals surface area contributed by atoms with Gasteiger partial charge in [0.15, 0.2) is 0 Å². The molecule has 0 saturated carbocycles. The zero-order valence-electron chi connectivity index (χ0n) is 14.1. The van der Waals surface area contributed by atoms with Crippen LogP contribution >= 0.6 is 0 Å². The molecule has 0 amide bonds. The summed E-state index contributed by atoms with van der Waals surface area (Å²) in [5, 5.41) is 0. The van der Waals surface area contributed by atoms with Crippen LogP contribution in [0.4, 0.5) is 5.69 Å². The average molecular weight is 313 g/mol. The van der Waals surface area contributed by atoms with E-state index in [9.17, 15) is 0 Å². The molecule has 0 unspecified atom stereocenters. The minimum absolute atomic E-state index is 0.400. The second-order valence-electron chi connectivity index (χ2n) is 6.90. The van der Waals surface area contributed by atoms with E-state index in [1.807, 2.05) is 12.1 Å². The van der Waals surface area contributed by atoms with Gasteiger partial charge in [0.25, 0.3) is 0 Å². The third-order valence-corrected chi connectivity index (χ3v) is 5.28. The van der Waals surface area contributed by atoms with Crippen molar-refractivity contribution in [3.63, 3.8) is 0 Å². The molecule has 0 fully saturated rings. The van der Waals surface area contributed by atoms with Crippen molar-refractivity contribution in [2.24, 2.45) is 0 Å². The lowest BCUT2D eigenvalue weighted by Crippen LogP contribution is -2.20. The maximum absolute atomic E-state index is 5.92. The first-order chi connectivity index (χ1) is 11.7. The highest BCUT2D eigenvalue weighted by Gasteiger charge is 2.31. The molecule has 1 aliphatic carbocycles. The number of nitrogen functional groups attached to an aromatic ring is 1. The first kappa shape index (κ1) is 15.0. The van der Waals surface area contributed by atoms with E-state index in [1.165, 1.54) is 34.2 Å². The molecule has 1 heteroatoms. The lowest BCUT2D eigenvalue weighted by Gasteiger charge is -2.35. The molecule has 0 bridgehead atoms. The maximum atomic E-state index is 5.92. The Morgan fingerprint density at radius 1 is 0.833 bits per heavy atom. The van der Waals surface area contributed by atoms with Crippen LogP contribution in [0.25, 0.3) is 0 Å². The molecular formula is C23H23N. The van der Waals surface area contributed by atoms with E-state index >= 15 is 0 Å². The van der Waals surface area contributed by atoms with E-state index < -0.39 is 0 Å². The van der Waals surface area contributed by atoms with Gasteiger partial charge in [-0.25, -0.2) is 0 Å². The summed E-state index contributed by atoms with van der Waals surface area (Å²) in [6, 6.07) is 26.3. The zero-order chi connectivity index (χ0) is 16.5. The normalized spacial score (nSPS) is 19.7. The lowest BCUT2D eigenvalue weighted by atomic mass is 9.69. The van der Waals surface area contributed by atoms with E-state index in [4.69, 9.17) is 5.73 Å². The van der Waals surface area contributed by atoms with Crippen molar-refractivity contribution >= 4 is 5.69 Å². The summed E-state index contributed by atoms with van der Waals surface area (Å²) in [6.45, 7) is 2.18. The minimum Gasteiger partial charge on any atom is -0.399 e. The Kier molecular flexibility index (Phi) is 3.86. The van der Waals surface area contributed by atoms with Crippen LogP contribution in [0.2, 0.25) is 0 Å². The molecule has 0 radical (unpaired) electrons. The van der Waals surface area contributed by atoms with Crippen molar-refractivity contribution < 1.29 is 0 Å². The molecule has 120 valence electrons. The quantitative estimate of drug-likeness (QED) is 0.626. The van der Waals surface area contributed by atoms with Crippen LogP contribution in [-0.2, 0) is 6.42 Å². The summed E-state index contributed by atoms with van der Waals surface area (Å²) < 4.78 is 0. The van der Waals surface area contributed by atoms with Crippen LogP contribution in [-0.4, -0.2) is 0 Å². The van der Waals surface area contributed by atoms with E-state index in [0.29, 0.717) is 11.8 Å². The third-order valence-electron chi connectivity index (χ3n) is 5.28. The molecule has 2 atom stereocenters. The summed E-state index contributed by atoms with van der Waals surface area (Å²) in [5.41, 5.74) is 13.9. The largest absolute Gasteiger partial charge is 0.399 e. The van der Waals surface area contributed by atoms with Crippen molar-refractivity contribution in [1.29, 1.82) is 0 Å². The topological polar surface area (TPSA) is 26.0 Å². The van der Waals surface area contributed by atoms with Gasteiger partial charge in [0.2, 0.25) is 0 Å². The molecule has 0 spiro atoms. The number of hydrogen-bond donors (Lipinski definition) is 1. The highest BCUT2D eigenvalue weighted by molar-refractivity contribution is 5.49. The zero-order valence-corrected chi connectivity index (χ0v) is 14.1. The molecule has 4 rings (SSSR count). The second kappa shape index (κ2) is 6.16. The van der Waals surface area contributed by atoms with Crippen LogP contribution in [0, 0.1) is 6.92 Å². The van der Waals surface area contributed by atoms with Gasteiger partial charge in [-0.05, 0) is 60.1 Å². The third kappa shape index (κ3) is 2.71. The first-order valence-electron chi connectivity index (χ1n) is 8.72. The number of hydrogen-bond acceptors (Lipinski definition) is 1. The van der Waals surface area contributed by atoms with Crippen molar-refractivity contribution in [2.45, 2.75) is 31.6 Å². The lowest BCUT2D eigenvalue weighted by molar-refractivity contribution is 0.524. The Labute approximate surface area is 144 Å². The van der Waals surface area contributed by atoms with Gasteiger partial charge in [-0.2, -0.15) is 0 Å². The number of anilines is 1. The SMILES string of the molecule is Cc1ccc2c(c1)CC[C@H](c1ccccc1)[C@@H]2c1ccc(N)cc1. The molecule has 2 N–H and O–H groups in total. The number of fused-ring (bicyclic) bond motifs is 1. The summed E-state index contributed by atoms with van der Waals surface area (Å²) in [4.78, 5) is 0. The predicted octanol–water partition coefficient (Wildman–Crippen LogP) is 5.44. The van der Waals surface area contributed by atoms with Gasteiger partial charge in [-0.1, -0.05) is 66.2 Å². The standard InChI is InChI=1S/C23H23N/c1-16-7-13-22-19(15-16)10-14-21(17-5-3-2-4-6-17)23(22)18-8-11-20(24)12-9-18/h2-9,11-13,15,21,23H,10,14,24H2,1H3/t21-,23+/m1/s1. The van der Waals surface area contributed by atoms with E-state index in [1.54, 1.807) is 0 Å². The van der Waals surface area contributed by atoms with Gasteiger partial charge in [0, 0.05) is 11.6 Å². The Balaban J connectivity index is 1.86. The van der Waals surface area contributed by atoms with Gasteiger partial charge < -0.3 is 5.73 Å². The average Bonchev–Trinajstić information content (AvgIpc) is 2.62. The van der Waals surface area contributed by atoms with Gasteiger partial charge in [0.05, 0.1) is 0 Å². The molecule has 1 aliphatic rings. The van der Waals surface area contributed by atoms with Gasteiger partial charge >= 0.3 is 0 Å². The first-order valence-corrected chi connectivity index (χ1v) is 8.72. The van der Waals surface area contributed by atoms with Crippen LogP contribution in [0.5, 0.6) is 0 Å². The number of aryl methyl sites for hydroxylation is 2. The van der Waals surface area contributed by atoms with Crippen molar-refractivity contribution in [3.8, 4) is 0 Å². The Bertz CT molecular complexity index is 834. The van der Waals surface area contributed by atoms with Crippen molar-refractivity contribution in [3.05, 3.63) is 101 Å². The van der Waals surface area contributed by atoms with Gasteiger partial charge in [-0.15, -0.1) is 0 Å². The molecule has 0 saturated heterocycles. The van der Waals surface area contributed by atoms with Crippen LogP contribution < -0.4 is 5.73 Å². The Morgan fingerprint density at radius 2 is 1.58 bits per heavy atom. The van der Waals surface area contributed by atoms with Crippen molar-refractivity contribution in [2.75, 3.05) is 5.73 Å². The van der Waals surface area contributed by atoms with Crippen LogP contribution in [0.3, 0.4) is 0 Å². The van der Waals surface area contributed by atoms with Crippen molar-refractivity contribution in [1.82, 2.24) is 0 Å². The van der Waals surface area contributed by atoms with Gasteiger partial charge in [-0.3, -0.25) is 0 Å². The predicted molar refractivity (Wildman–Crippen MR) is 101 cm³/mol. The molecule has 24 heavy (non-hydrogen) atoms. The van der Waals surface area contributed by atoms with E-state index in [-0.39, 0.29) is 0 Å². The fourth-order valence-corrected chi connectivity index (χ4v) is 4.12. The minimum atomic E-state index is 0.400. The number of nitrogens with two attached hydrogens (primary N) is 1. The molecule has 0 heterocycles. The van der Waals surface area contributed by atoms with Crippen LogP contribution in [0.1, 0.15) is 46.1 Å². The van der Waals surface area contributed by atoms with Gasteiger partial charge in [0.1, 0.15) is 0 Å². The Hall–Kier alpha value is -2.54. The highest BCUT2D eigenvalue weighted by Crippen LogP contribution is 2.46. The van der Waals surface area contributed by atoms with E-state index in [0.717, 1.165) is 12.1 Å². The summed E-state index contributed by atoms with van der Waals surface area (Å²) in [6.07, 6.45) is 2.34. The fraction of sp³-hybridized carbons (Fsp3) is 0.217. The summed E-state index contributed by atoms with van der Waals surface area (Å²) in [5.74, 6) is 0.919. The molecule has 0 aliphatic heterocycles. The molecule has 0 aromatic heterocycles. The highest BCUT2D eigenvalue weighted by atomic mass is 14.5. The summed E-state index contributed by atoms with van der Waals surface area (Å²) >= 11 is 0. The number of rotatable bonds is 2. The summed E-state index contributed by atoms with van der Waals surface area (Å²) in [7, 11) is 0. The molecule has 3 aromatic rings. The molecule has 1 nitrogen and oxygen atoms in total. The Morgan fingerprint density at radius 3 is 2.33 bits per heavy atom. The second-order valence-corrected chi connectivity index (χ2v) is 6.90. The molecule has 3 aromatic carbocycles. The smallest absolute Gasteiger partial charge is 0.0314 e. The maximum Gasteiger partial charge on any atom is 0.0314 e. The monoisotopic (exact) mass is 313 g/mol. The van der Waals surface area contributed by atoms with E-state index in [2.05, 4.69) is 67.6 Å². The fourth-order valence-electron chi connectivity index (χ4n) is 4.12.